The molecule has 1 aromatic carbocycles. The average Bonchev–Trinajstić information content (AvgIpc) is 3.38. The molecule has 0 spiro atoms. The summed E-state index contributed by atoms with van der Waals surface area (Å²) in [6.07, 6.45) is 8.35. The van der Waals surface area contributed by atoms with Crippen molar-refractivity contribution in [3.05, 3.63) is 60.6 Å². The molecule has 39 heavy (non-hydrogen) atoms. The first-order valence-electron chi connectivity index (χ1n) is 12.7. The number of hydrogen-bond donors (Lipinski definition) is 3. The van der Waals surface area contributed by atoms with E-state index in [-0.39, 0.29) is 0 Å². The third kappa shape index (κ3) is 6.86. The first-order valence-corrected chi connectivity index (χ1v) is 13.9. The molecule has 1 saturated carbocycles. The zero-order valence-electron chi connectivity index (χ0n) is 22.0. The molecule has 1 aliphatic carbocycles. The number of fused-ring (bicyclic) bond motifs is 1. The Bertz CT molecular complexity index is 1370. The van der Waals surface area contributed by atoms with Gasteiger partial charge < -0.3 is 25.4 Å². The fourth-order valence-electron chi connectivity index (χ4n) is 4.84. The molecule has 0 radical (unpaired) electrons. The molecule has 10 nitrogen and oxygen atoms in total. The lowest BCUT2D eigenvalue weighted by atomic mass is 9.85. The molecule has 0 amide bonds. The van der Waals surface area contributed by atoms with Crippen LogP contribution in [0.5, 0.6) is 0 Å². The number of hydrogen-bond acceptors (Lipinski definition) is 8. The van der Waals surface area contributed by atoms with E-state index in [2.05, 4.69) is 29.6 Å². The van der Waals surface area contributed by atoms with Gasteiger partial charge in [-0.2, -0.15) is 9.61 Å². The lowest BCUT2D eigenvalue weighted by molar-refractivity contribution is -0.00307. The van der Waals surface area contributed by atoms with Crippen LogP contribution >= 0.6 is 11.8 Å². The van der Waals surface area contributed by atoms with Crippen LogP contribution in [-0.2, 0) is 9.47 Å². The highest BCUT2D eigenvalue weighted by molar-refractivity contribution is 7.98. The van der Waals surface area contributed by atoms with E-state index in [1.807, 2.05) is 36.7 Å². The van der Waals surface area contributed by atoms with Gasteiger partial charge in [0.2, 0.25) is 0 Å². The zero-order chi connectivity index (χ0) is 27.8. The van der Waals surface area contributed by atoms with Gasteiger partial charge in [-0.1, -0.05) is 36.4 Å². The third-order valence-electron chi connectivity index (χ3n) is 6.71. The Morgan fingerprint density at radius 2 is 1.77 bits per heavy atom. The van der Waals surface area contributed by atoms with E-state index in [1.165, 1.54) is 0 Å². The maximum atomic E-state index is 8.56. The van der Waals surface area contributed by atoms with Crippen LogP contribution in [0.3, 0.4) is 0 Å². The topological polar surface area (TPSA) is 145 Å². The molecule has 0 aliphatic heterocycles. The first-order chi connectivity index (χ1) is 18.9. The van der Waals surface area contributed by atoms with Crippen molar-refractivity contribution in [1.29, 1.82) is 0 Å². The molecular weight excluding hydrogens is 518 g/mol. The molecule has 206 valence electrons. The normalized spacial score (nSPS) is 17.0. The fourth-order valence-corrected chi connectivity index (χ4v) is 5.56. The summed E-state index contributed by atoms with van der Waals surface area (Å²) in [6.45, 7) is 1.28. The number of aromatic nitrogens is 4. The average molecular weight is 552 g/mol. The summed E-state index contributed by atoms with van der Waals surface area (Å²) < 4.78 is 12.8. The van der Waals surface area contributed by atoms with Gasteiger partial charge in [0, 0.05) is 35.9 Å². The molecule has 0 bridgehead atoms. The summed E-state index contributed by atoms with van der Waals surface area (Å²) in [6, 6.07) is 14.3. The van der Waals surface area contributed by atoms with Crippen LogP contribution in [0.2, 0.25) is 0 Å². The number of carbonyl (C=O) groups is 1. The molecule has 4 aromatic rings. The van der Waals surface area contributed by atoms with Crippen molar-refractivity contribution in [3.8, 4) is 22.4 Å². The molecule has 1 fully saturated rings. The Hall–Kier alpha value is -3.67. The Balaban J connectivity index is 0.000000826. The SMILES string of the molecule is COCCOC1CCC(c2nc3c(-c4ccc(-c5ccccc5)nc4)cnn3c(N)c2SC)CC1.O=C(O)O. The van der Waals surface area contributed by atoms with Crippen molar-refractivity contribution in [2.75, 3.05) is 32.3 Å². The second-order valence-corrected chi connectivity index (χ2v) is 9.94. The molecule has 3 heterocycles. The van der Waals surface area contributed by atoms with Crippen molar-refractivity contribution in [2.24, 2.45) is 0 Å². The van der Waals surface area contributed by atoms with Gasteiger partial charge in [-0.3, -0.25) is 4.98 Å². The van der Waals surface area contributed by atoms with E-state index in [4.69, 9.17) is 40.2 Å². The summed E-state index contributed by atoms with van der Waals surface area (Å²) in [4.78, 5) is 19.4. The molecule has 4 N–H and O–H groups in total. The maximum Gasteiger partial charge on any atom is 0.503 e. The van der Waals surface area contributed by atoms with Crippen LogP contribution in [0.1, 0.15) is 37.3 Å². The van der Waals surface area contributed by atoms with E-state index in [9.17, 15) is 0 Å². The van der Waals surface area contributed by atoms with Crippen molar-refractivity contribution < 1.29 is 24.5 Å². The van der Waals surface area contributed by atoms with E-state index in [0.717, 1.165) is 64.3 Å². The lowest BCUT2D eigenvalue weighted by Crippen LogP contribution is -2.23. The molecule has 11 heteroatoms. The van der Waals surface area contributed by atoms with E-state index >= 15 is 0 Å². The Morgan fingerprint density at radius 3 is 2.38 bits per heavy atom. The Kier molecular flexibility index (Phi) is 9.74. The van der Waals surface area contributed by atoms with E-state index in [1.54, 1.807) is 23.4 Å². The van der Waals surface area contributed by atoms with Crippen molar-refractivity contribution in [1.82, 2.24) is 19.6 Å². The van der Waals surface area contributed by atoms with Crippen LogP contribution < -0.4 is 5.73 Å². The summed E-state index contributed by atoms with van der Waals surface area (Å²) in [5.74, 6) is 1.00. The molecular formula is C28H33N5O5S. The molecule has 0 saturated heterocycles. The minimum Gasteiger partial charge on any atom is -0.450 e. The van der Waals surface area contributed by atoms with Gasteiger partial charge in [-0.05, 0) is 38.0 Å². The zero-order valence-corrected chi connectivity index (χ0v) is 22.8. The van der Waals surface area contributed by atoms with Gasteiger partial charge in [0.1, 0.15) is 5.82 Å². The summed E-state index contributed by atoms with van der Waals surface area (Å²) >= 11 is 1.64. The number of nitrogens with two attached hydrogens (primary N) is 1. The van der Waals surface area contributed by atoms with Gasteiger partial charge in [0.05, 0.1) is 41.8 Å². The standard InChI is InChI=1S/C27H31N5O2S.CH2O3/c1-33-14-15-34-21-11-8-19(9-12-21)24-25(35-2)26(28)32-27(31-24)22(17-30-32)20-10-13-23(29-16-20)18-6-4-3-5-7-18;2-1(3)4/h3-7,10,13,16-17,19,21H,8-9,11-12,14-15,28H2,1-2H3;(H2,2,3,4). The number of thioether (sulfide) groups is 1. The number of ether oxygens (including phenoxy) is 2. The Morgan fingerprint density at radius 1 is 1.05 bits per heavy atom. The monoisotopic (exact) mass is 551 g/mol. The van der Waals surface area contributed by atoms with Crippen LogP contribution in [0.15, 0.2) is 59.8 Å². The van der Waals surface area contributed by atoms with Crippen LogP contribution in [0.4, 0.5) is 10.6 Å². The molecule has 0 unspecified atom stereocenters. The molecule has 0 atom stereocenters. The molecule has 1 aliphatic rings. The van der Waals surface area contributed by atoms with Crippen molar-refractivity contribution in [3.63, 3.8) is 0 Å². The smallest absolute Gasteiger partial charge is 0.450 e. The Labute approximate surface area is 231 Å². The predicted molar refractivity (Wildman–Crippen MR) is 151 cm³/mol. The maximum absolute atomic E-state index is 8.56. The first kappa shape index (κ1) is 28.3. The van der Waals surface area contributed by atoms with Gasteiger partial charge in [-0.25, -0.2) is 9.78 Å². The second-order valence-electron chi connectivity index (χ2n) is 9.13. The van der Waals surface area contributed by atoms with E-state index in [0.29, 0.717) is 31.1 Å². The summed E-state index contributed by atoms with van der Waals surface area (Å²) in [5.41, 5.74) is 12.4. The summed E-state index contributed by atoms with van der Waals surface area (Å²) in [7, 11) is 1.70. The summed E-state index contributed by atoms with van der Waals surface area (Å²) in [5, 5.41) is 18.5. The van der Waals surface area contributed by atoms with Crippen molar-refractivity contribution in [2.45, 2.75) is 42.6 Å². The lowest BCUT2D eigenvalue weighted by Gasteiger charge is -2.29. The number of carboxylic acid groups (broad SMARTS) is 2. The third-order valence-corrected chi connectivity index (χ3v) is 7.54. The minimum atomic E-state index is -1.83. The van der Waals surface area contributed by atoms with Gasteiger partial charge in [-0.15, -0.1) is 11.8 Å². The number of nitrogens with zero attached hydrogens (tertiary/aromatic N) is 4. The van der Waals surface area contributed by atoms with E-state index < -0.39 is 6.16 Å². The van der Waals surface area contributed by atoms with Crippen LogP contribution in [0.25, 0.3) is 28.0 Å². The number of anilines is 1. The fraction of sp³-hybridized carbons (Fsp3) is 0.357. The molecule has 5 rings (SSSR count). The van der Waals surface area contributed by atoms with Crippen LogP contribution in [-0.4, -0.2) is 68.6 Å². The number of rotatable bonds is 8. The quantitative estimate of drug-likeness (QED) is 0.185. The highest BCUT2D eigenvalue weighted by Gasteiger charge is 2.28. The van der Waals surface area contributed by atoms with Crippen LogP contribution in [0, 0.1) is 0 Å². The largest absolute Gasteiger partial charge is 0.503 e. The predicted octanol–water partition coefficient (Wildman–Crippen LogP) is 5.67. The van der Waals surface area contributed by atoms with Gasteiger partial charge in [0.15, 0.2) is 5.65 Å². The number of nitrogen functional groups attached to an aromatic ring is 1. The number of pyridine rings is 1. The highest BCUT2D eigenvalue weighted by atomic mass is 32.2. The second kappa shape index (κ2) is 13.4. The minimum absolute atomic E-state index is 0.292. The van der Waals surface area contributed by atoms with Gasteiger partial charge >= 0.3 is 6.16 Å². The molecule has 3 aromatic heterocycles. The highest BCUT2D eigenvalue weighted by Crippen LogP contribution is 2.40. The van der Waals surface area contributed by atoms with Gasteiger partial charge in [0.25, 0.3) is 0 Å². The van der Waals surface area contributed by atoms with Crippen molar-refractivity contribution >= 4 is 29.4 Å². The number of methoxy groups -OCH3 is 1. The number of benzene rings is 1.